The maximum Gasteiger partial charge on any atom is 0.418 e. The normalized spacial score (nSPS) is 12.7. The van der Waals surface area contributed by atoms with Crippen LogP contribution in [-0.2, 0) is 11.9 Å². The van der Waals surface area contributed by atoms with E-state index in [0.29, 0.717) is 10.7 Å². The van der Waals surface area contributed by atoms with E-state index in [1.807, 2.05) is 0 Å². The molecule has 1 aromatic carbocycles. The first kappa shape index (κ1) is 17.5. The molecule has 0 aliphatic rings. The predicted molar refractivity (Wildman–Crippen MR) is 93.4 cm³/mol. The molecule has 5 nitrogen and oxygen atoms in total. The zero-order valence-electron chi connectivity index (χ0n) is 12.5. The van der Waals surface area contributed by atoms with Gasteiger partial charge in [0.2, 0.25) is 0 Å². The predicted octanol–water partition coefficient (Wildman–Crippen LogP) is 3.65. The highest BCUT2D eigenvalue weighted by atomic mass is 32.2. The number of aliphatic imine (C=N–C) groups is 1. The molecule has 25 heavy (non-hydrogen) atoms. The summed E-state index contributed by atoms with van der Waals surface area (Å²) >= 11 is 2.33. The molecule has 0 saturated heterocycles. The fourth-order valence-electron chi connectivity index (χ4n) is 2.07. The summed E-state index contributed by atoms with van der Waals surface area (Å²) in [6.45, 7) is 0. The third-order valence-electron chi connectivity index (χ3n) is 3.16. The molecular formula is C15H11F3N4OS2. The number of benzene rings is 1. The van der Waals surface area contributed by atoms with Crippen molar-refractivity contribution in [1.82, 2.24) is 9.38 Å². The fourth-order valence-corrected chi connectivity index (χ4v) is 3.42. The van der Waals surface area contributed by atoms with Gasteiger partial charge in [0.25, 0.3) is 5.56 Å². The number of amidine groups is 1. The number of nitrogens with zero attached hydrogens (tertiary/aromatic N) is 3. The van der Waals surface area contributed by atoms with Crippen molar-refractivity contribution >= 4 is 38.9 Å². The maximum atomic E-state index is 12.9. The van der Waals surface area contributed by atoms with Gasteiger partial charge in [-0.25, -0.2) is 9.98 Å². The van der Waals surface area contributed by atoms with E-state index in [-0.39, 0.29) is 22.2 Å². The minimum atomic E-state index is -4.51. The molecule has 2 N–H and O–H groups in total. The van der Waals surface area contributed by atoms with Crippen molar-refractivity contribution in [2.45, 2.75) is 11.9 Å². The number of nitrogens with two attached hydrogens (primary N) is 1. The van der Waals surface area contributed by atoms with Crippen LogP contribution in [0.3, 0.4) is 0 Å². The second-order valence-corrected chi connectivity index (χ2v) is 6.76. The second-order valence-electron chi connectivity index (χ2n) is 4.89. The minimum Gasteiger partial charge on any atom is -0.378 e. The van der Waals surface area contributed by atoms with Crippen LogP contribution in [0.25, 0.3) is 4.96 Å². The number of fused-ring (bicyclic) bond motifs is 1. The van der Waals surface area contributed by atoms with E-state index in [9.17, 15) is 18.0 Å². The lowest BCUT2D eigenvalue weighted by Gasteiger charge is -2.09. The smallest absolute Gasteiger partial charge is 0.378 e. The van der Waals surface area contributed by atoms with Gasteiger partial charge in [-0.05, 0) is 12.1 Å². The van der Waals surface area contributed by atoms with Crippen molar-refractivity contribution in [3.8, 4) is 0 Å². The first-order valence-corrected chi connectivity index (χ1v) is 8.80. The van der Waals surface area contributed by atoms with Crippen molar-refractivity contribution in [2.24, 2.45) is 10.7 Å². The number of hydrogen-bond acceptors (Lipinski definition) is 5. The molecule has 0 amide bonds. The lowest BCUT2D eigenvalue weighted by Crippen LogP contribution is -2.13. The zero-order valence-corrected chi connectivity index (χ0v) is 14.2. The van der Waals surface area contributed by atoms with E-state index in [2.05, 4.69) is 9.98 Å². The number of rotatable bonds is 3. The fraction of sp³-hybridized carbons (Fsp3) is 0.133. The Bertz CT molecular complexity index is 994. The molecule has 0 aliphatic heterocycles. The van der Waals surface area contributed by atoms with Crippen molar-refractivity contribution in [1.29, 1.82) is 0 Å². The third-order valence-corrected chi connectivity index (χ3v) is 4.75. The van der Waals surface area contributed by atoms with Crippen LogP contribution in [0.5, 0.6) is 0 Å². The number of thioether (sulfide) groups is 1. The van der Waals surface area contributed by atoms with Gasteiger partial charge in [-0.3, -0.25) is 9.20 Å². The summed E-state index contributed by atoms with van der Waals surface area (Å²) < 4.78 is 40.3. The van der Waals surface area contributed by atoms with Crippen molar-refractivity contribution in [3.63, 3.8) is 0 Å². The Morgan fingerprint density at radius 3 is 2.88 bits per heavy atom. The summed E-state index contributed by atoms with van der Waals surface area (Å²) in [6.07, 6.45) is -2.89. The Labute approximate surface area is 148 Å². The highest BCUT2D eigenvalue weighted by Gasteiger charge is 2.33. The molecule has 0 bridgehead atoms. The second kappa shape index (κ2) is 6.89. The molecular weight excluding hydrogens is 373 g/mol. The van der Waals surface area contributed by atoms with Gasteiger partial charge >= 0.3 is 6.18 Å². The Kier molecular flexibility index (Phi) is 4.82. The Morgan fingerprint density at radius 2 is 2.12 bits per heavy atom. The van der Waals surface area contributed by atoms with Gasteiger partial charge in [-0.1, -0.05) is 23.9 Å². The van der Waals surface area contributed by atoms with Crippen LogP contribution in [0, 0.1) is 0 Å². The minimum absolute atomic E-state index is 0.0371. The Hall–Kier alpha value is -2.33. The molecule has 0 atom stereocenters. The van der Waals surface area contributed by atoms with Crippen LogP contribution in [0.1, 0.15) is 11.3 Å². The van der Waals surface area contributed by atoms with Gasteiger partial charge in [0.15, 0.2) is 10.1 Å². The molecule has 130 valence electrons. The lowest BCUT2D eigenvalue weighted by atomic mass is 10.2. The van der Waals surface area contributed by atoms with Crippen molar-refractivity contribution in [2.75, 3.05) is 0 Å². The molecule has 2 heterocycles. The summed E-state index contributed by atoms with van der Waals surface area (Å²) in [5.41, 5.74) is 4.90. The van der Waals surface area contributed by atoms with E-state index in [4.69, 9.17) is 5.73 Å². The topological polar surface area (TPSA) is 72.8 Å². The number of thiazole rings is 1. The molecule has 0 spiro atoms. The Morgan fingerprint density at radius 1 is 1.36 bits per heavy atom. The third kappa shape index (κ3) is 4.02. The molecule has 10 heteroatoms. The SMILES string of the molecule is NC(=Nc1ccccc1C(F)(F)F)SCc1cc(=O)n2ccsc2n1. The molecule has 0 aliphatic carbocycles. The first-order chi connectivity index (χ1) is 11.8. The monoisotopic (exact) mass is 384 g/mol. The van der Waals surface area contributed by atoms with Gasteiger partial charge in [-0.15, -0.1) is 11.3 Å². The molecule has 3 aromatic rings. The van der Waals surface area contributed by atoms with Gasteiger partial charge < -0.3 is 5.73 Å². The van der Waals surface area contributed by atoms with Gasteiger partial charge in [0, 0.05) is 23.4 Å². The van der Waals surface area contributed by atoms with Crippen molar-refractivity contribution in [3.05, 3.63) is 63.5 Å². The van der Waals surface area contributed by atoms with Crippen LogP contribution >= 0.6 is 23.1 Å². The van der Waals surface area contributed by atoms with Crippen LogP contribution in [-0.4, -0.2) is 14.6 Å². The lowest BCUT2D eigenvalue weighted by molar-refractivity contribution is -0.137. The van der Waals surface area contributed by atoms with Crippen LogP contribution in [0.2, 0.25) is 0 Å². The molecule has 0 fully saturated rings. The van der Waals surface area contributed by atoms with Crippen LogP contribution in [0.4, 0.5) is 18.9 Å². The van der Waals surface area contributed by atoms with E-state index in [1.165, 1.54) is 40.0 Å². The molecule has 3 rings (SSSR count). The van der Waals surface area contributed by atoms with Gasteiger partial charge in [-0.2, -0.15) is 13.2 Å². The number of halogens is 3. The number of alkyl halides is 3. The summed E-state index contributed by atoms with van der Waals surface area (Å²) in [4.78, 5) is 20.6. The molecule has 0 unspecified atom stereocenters. The first-order valence-electron chi connectivity index (χ1n) is 6.93. The van der Waals surface area contributed by atoms with E-state index >= 15 is 0 Å². The summed E-state index contributed by atoms with van der Waals surface area (Å²) in [5.74, 6) is 0.229. The standard InChI is InChI=1S/C15H11F3N4OS2/c16-15(17,18)10-3-1-2-4-11(10)21-13(19)25-8-9-7-12(23)22-5-6-24-14(22)20-9/h1-7H,8H2,(H2,19,21). The number of aromatic nitrogens is 2. The number of hydrogen-bond donors (Lipinski definition) is 1. The van der Waals surface area contributed by atoms with Crippen LogP contribution < -0.4 is 11.3 Å². The summed E-state index contributed by atoms with van der Waals surface area (Å²) in [6, 6.07) is 6.31. The maximum absolute atomic E-state index is 12.9. The summed E-state index contributed by atoms with van der Waals surface area (Å²) in [7, 11) is 0. The van der Waals surface area contributed by atoms with Crippen molar-refractivity contribution < 1.29 is 13.2 Å². The molecule has 0 saturated carbocycles. The van der Waals surface area contributed by atoms with Gasteiger partial charge in [0.1, 0.15) is 0 Å². The Balaban J connectivity index is 1.79. The quantitative estimate of drug-likeness (QED) is 0.553. The highest BCUT2D eigenvalue weighted by molar-refractivity contribution is 8.13. The molecule has 0 radical (unpaired) electrons. The molecule has 2 aromatic heterocycles. The van der Waals surface area contributed by atoms with Gasteiger partial charge in [0.05, 0.1) is 16.9 Å². The summed E-state index contributed by atoms with van der Waals surface area (Å²) in [5, 5.41) is 1.70. The number of para-hydroxylation sites is 1. The average molecular weight is 384 g/mol. The zero-order chi connectivity index (χ0) is 18.0. The van der Waals surface area contributed by atoms with E-state index < -0.39 is 11.7 Å². The van der Waals surface area contributed by atoms with E-state index in [0.717, 1.165) is 17.8 Å². The largest absolute Gasteiger partial charge is 0.418 e. The average Bonchev–Trinajstić information content (AvgIpc) is 3.01. The van der Waals surface area contributed by atoms with Crippen LogP contribution in [0.15, 0.2) is 51.7 Å². The van der Waals surface area contributed by atoms with E-state index in [1.54, 1.807) is 11.6 Å². The highest BCUT2D eigenvalue weighted by Crippen LogP contribution is 2.36.